The summed E-state index contributed by atoms with van der Waals surface area (Å²) in [6.45, 7) is 5.88. The predicted octanol–water partition coefficient (Wildman–Crippen LogP) is 0.705. The Bertz CT molecular complexity index is 321. The molecular weight excluding hydrogens is 258 g/mol. The van der Waals surface area contributed by atoms with Gasteiger partial charge < -0.3 is 10.4 Å². The van der Waals surface area contributed by atoms with E-state index >= 15 is 0 Å². The van der Waals surface area contributed by atoms with Gasteiger partial charge >= 0.3 is 6.03 Å². The van der Waals surface area contributed by atoms with Gasteiger partial charge in [-0.25, -0.2) is 4.79 Å². The van der Waals surface area contributed by atoms with Gasteiger partial charge in [-0.15, -0.1) is 0 Å². The molecule has 1 saturated heterocycles. The summed E-state index contributed by atoms with van der Waals surface area (Å²) in [5.41, 5.74) is 0. The van der Waals surface area contributed by atoms with Crippen LogP contribution >= 0.6 is 0 Å². The van der Waals surface area contributed by atoms with E-state index in [2.05, 4.69) is 15.5 Å². The minimum absolute atomic E-state index is 0.189. The van der Waals surface area contributed by atoms with Crippen LogP contribution in [0.15, 0.2) is 0 Å². The highest BCUT2D eigenvalue weighted by atomic mass is 16.3. The quantitative estimate of drug-likeness (QED) is 0.643. The van der Waals surface area contributed by atoms with Gasteiger partial charge in [0.15, 0.2) is 0 Å². The van der Waals surface area contributed by atoms with Gasteiger partial charge in [-0.1, -0.05) is 13.8 Å². The molecule has 0 aliphatic carbocycles. The van der Waals surface area contributed by atoms with E-state index in [4.69, 9.17) is 5.11 Å². The first-order valence-electron chi connectivity index (χ1n) is 7.45. The zero-order valence-corrected chi connectivity index (χ0v) is 12.5. The number of aliphatic hydroxyl groups is 1. The Morgan fingerprint density at radius 3 is 2.80 bits per heavy atom. The van der Waals surface area contributed by atoms with Crippen LogP contribution in [0.4, 0.5) is 4.79 Å². The molecule has 1 aliphatic rings. The second-order valence-electron chi connectivity index (χ2n) is 5.78. The fourth-order valence-electron chi connectivity index (χ4n) is 2.45. The third kappa shape index (κ3) is 6.34. The molecule has 0 radical (unpaired) electrons. The van der Waals surface area contributed by atoms with Crippen LogP contribution in [0.3, 0.4) is 0 Å². The van der Waals surface area contributed by atoms with Crippen LogP contribution in [-0.2, 0) is 4.79 Å². The summed E-state index contributed by atoms with van der Waals surface area (Å²) in [6.07, 6.45) is 3.80. The molecular formula is C14H27N3O3. The van der Waals surface area contributed by atoms with Crippen LogP contribution in [0, 0.1) is 5.92 Å². The van der Waals surface area contributed by atoms with E-state index in [9.17, 15) is 9.59 Å². The Labute approximate surface area is 120 Å². The number of amides is 3. The van der Waals surface area contributed by atoms with Crippen LogP contribution in [-0.4, -0.2) is 54.2 Å². The number of likely N-dealkylation sites (tertiary alicyclic amines) is 1. The summed E-state index contributed by atoms with van der Waals surface area (Å²) in [5, 5.41) is 13.9. The number of hydrogen-bond acceptors (Lipinski definition) is 4. The molecule has 0 spiro atoms. The monoisotopic (exact) mass is 285 g/mol. The van der Waals surface area contributed by atoms with Gasteiger partial charge in [0, 0.05) is 19.2 Å². The van der Waals surface area contributed by atoms with E-state index in [1.54, 1.807) is 0 Å². The largest absolute Gasteiger partial charge is 0.396 e. The molecule has 6 nitrogen and oxygen atoms in total. The predicted molar refractivity (Wildman–Crippen MR) is 77.3 cm³/mol. The second kappa shape index (κ2) is 8.92. The maximum Gasteiger partial charge on any atom is 0.321 e. The number of imide groups is 1. The molecule has 3 amide bonds. The Morgan fingerprint density at radius 1 is 1.40 bits per heavy atom. The second-order valence-corrected chi connectivity index (χ2v) is 5.78. The van der Waals surface area contributed by atoms with E-state index in [0.29, 0.717) is 18.5 Å². The summed E-state index contributed by atoms with van der Waals surface area (Å²) in [5.74, 6) is 0.0967. The molecule has 0 aromatic carbocycles. The van der Waals surface area contributed by atoms with Gasteiger partial charge in [-0.2, -0.15) is 0 Å². The number of hydrogen-bond donors (Lipinski definition) is 3. The number of nitrogens with zero attached hydrogens (tertiary/aromatic N) is 1. The molecule has 3 N–H and O–H groups in total. The molecule has 1 rings (SSSR count). The van der Waals surface area contributed by atoms with Crippen molar-refractivity contribution in [1.29, 1.82) is 0 Å². The molecule has 6 heteroatoms. The minimum Gasteiger partial charge on any atom is -0.396 e. The molecule has 0 bridgehead atoms. The fraction of sp³-hybridized carbons (Fsp3) is 0.857. The molecule has 116 valence electrons. The first-order chi connectivity index (χ1) is 9.52. The number of urea groups is 1. The van der Waals surface area contributed by atoms with Gasteiger partial charge in [0.2, 0.25) is 5.91 Å². The van der Waals surface area contributed by atoms with Crippen molar-refractivity contribution in [1.82, 2.24) is 15.5 Å². The van der Waals surface area contributed by atoms with Crippen LogP contribution in [0.25, 0.3) is 0 Å². The van der Waals surface area contributed by atoms with Gasteiger partial charge in [0.25, 0.3) is 0 Å². The fourth-order valence-corrected chi connectivity index (χ4v) is 2.45. The van der Waals surface area contributed by atoms with E-state index in [1.807, 2.05) is 13.8 Å². The van der Waals surface area contributed by atoms with E-state index in [0.717, 1.165) is 32.2 Å². The van der Waals surface area contributed by atoms with Crippen molar-refractivity contribution in [2.45, 2.75) is 45.6 Å². The van der Waals surface area contributed by atoms with Gasteiger partial charge in [0.05, 0.1) is 6.54 Å². The van der Waals surface area contributed by atoms with Crippen LogP contribution in [0.5, 0.6) is 0 Å². The Morgan fingerprint density at radius 2 is 2.15 bits per heavy atom. The van der Waals surface area contributed by atoms with E-state index < -0.39 is 6.03 Å². The SMILES string of the molecule is CC(C)CNC(=O)NC(=O)CN1CCCC1CCCO. The van der Waals surface area contributed by atoms with E-state index in [-0.39, 0.29) is 19.1 Å². The van der Waals surface area contributed by atoms with Crippen molar-refractivity contribution >= 4 is 11.9 Å². The first kappa shape index (κ1) is 16.9. The van der Waals surface area contributed by atoms with Crippen molar-refractivity contribution in [2.75, 3.05) is 26.2 Å². The molecule has 1 aliphatic heterocycles. The molecule has 1 atom stereocenters. The lowest BCUT2D eigenvalue weighted by molar-refractivity contribution is -0.121. The average Bonchev–Trinajstić information content (AvgIpc) is 2.81. The summed E-state index contributed by atoms with van der Waals surface area (Å²) < 4.78 is 0. The van der Waals surface area contributed by atoms with E-state index in [1.165, 1.54) is 0 Å². The lowest BCUT2D eigenvalue weighted by Gasteiger charge is -2.23. The van der Waals surface area contributed by atoms with Gasteiger partial charge in [-0.3, -0.25) is 15.0 Å². The smallest absolute Gasteiger partial charge is 0.321 e. The van der Waals surface area contributed by atoms with Crippen molar-refractivity contribution < 1.29 is 14.7 Å². The Hall–Kier alpha value is -1.14. The summed E-state index contributed by atoms with van der Waals surface area (Å²) in [7, 11) is 0. The Balaban J connectivity index is 2.28. The molecule has 1 unspecified atom stereocenters. The highest BCUT2D eigenvalue weighted by molar-refractivity contribution is 5.95. The molecule has 1 fully saturated rings. The van der Waals surface area contributed by atoms with Crippen molar-refractivity contribution in [3.8, 4) is 0 Å². The van der Waals surface area contributed by atoms with Crippen molar-refractivity contribution in [3.05, 3.63) is 0 Å². The lowest BCUT2D eigenvalue weighted by atomic mass is 10.1. The third-order valence-electron chi connectivity index (χ3n) is 3.47. The summed E-state index contributed by atoms with van der Waals surface area (Å²) in [6, 6.07) is -0.0681. The zero-order chi connectivity index (χ0) is 15.0. The molecule has 0 saturated carbocycles. The molecule has 0 aromatic heterocycles. The lowest BCUT2D eigenvalue weighted by Crippen LogP contribution is -2.46. The molecule has 1 heterocycles. The van der Waals surface area contributed by atoms with Gasteiger partial charge in [-0.05, 0) is 38.1 Å². The minimum atomic E-state index is -0.421. The zero-order valence-electron chi connectivity index (χ0n) is 12.5. The van der Waals surface area contributed by atoms with Crippen LogP contribution in [0.2, 0.25) is 0 Å². The normalized spacial score (nSPS) is 19.3. The summed E-state index contributed by atoms with van der Waals surface area (Å²) in [4.78, 5) is 25.4. The Kier molecular flexibility index (Phi) is 7.54. The molecule has 0 aromatic rings. The number of carbonyl (C=O) groups is 2. The third-order valence-corrected chi connectivity index (χ3v) is 3.47. The number of aliphatic hydroxyl groups excluding tert-OH is 1. The number of carbonyl (C=O) groups excluding carboxylic acids is 2. The van der Waals surface area contributed by atoms with Crippen molar-refractivity contribution in [3.63, 3.8) is 0 Å². The first-order valence-corrected chi connectivity index (χ1v) is 7.45. The molecule has 20 heavy (non-hydrogen) atoms. The standard InChI is InChI=1S/C14H27N3O3/c1-11(2)9-15-14(20)16-13(19)10-17-7-3-5-12(17)6-4-8-18/h11-12,18H,3-10H2,1-2H3,(H2,15,16,19,20). The highest BCUT2D eigenvalue weighted by Gasteiger charge is 2.26. The highest BCUT2D eigenvalue weighted by Crippen LogP contribution is 2.20. The van der Waals surface area contributed by atoms with Crippen molar-refractivity contribution in [2.24, 2.45) is 5.92 Å². The van der Waals surface area contributed by atoms with Crippen LogP contribution < -0.4 is 10.6 Å². The number of nitrogens with one attached hydrogen (secondary N) is 2. The average molecular weight is 285 g/mol. The number of rotatable bonds is 7. The summed E-state index contributed by atoms with van der Waals surface area (Å²) >= 11 is 0. The van der Waals surface area contributed by atoms with Crippen LogP contribution in [0.1, 0.15) is 39.5 Å². The maximum absolute atomic E-state index is 11.8. The van der Waals surface area contributed by atoms with Gasteiger partial charge in [0.1, 0.15) is 0 Å². The topological polar surface area (TPSA) is 81.7 Å². The maximum atomic E-state index is 11.8.